The summed E-state index contributed by atoms with van der Waals surface area (Å²) in [5, 5.41) is 3.37. The van der Waals surface area contributed by atoms with Gasteiger partial charge in [0.15, 0.2) is 0 Å². The highest BCUT2D eigenvalue weighted by molar-refractivity contribution is 5.29. The van der Waals surface area contributed by atoms with Gasteiger partial charge in [-0.3, -0.25) is 0 Å². The summed E-state index contributed by atoms with van der Waals surface area (Å²) in [4.78, 5) is 4.50. The molecule has 4 heteroatoms. The Morgan fingerprint density at radius 1 is 1.44 bits per heavy atom. The molecule has 1 heterocycles. The molecule has 0 aliphatic heterocycles. The molecule has 1 fully saturated rings. The number of ether oxygens (including phenoxy) is 1. The quantitative estimate of drug-likeness (QED) is 0.789. The molecule has 0 amide bonds. The number of aryl methyl sites for hydroxylation is 1. The van der Waals surface area contributed by atoms with E-state index in [9.17, 15) is 0 Å². The third-order valence-electron chi connectivity index (χ3n) is 3.45. The number of rotatable bonds is 6. The van der Waals surface area contributed by atoms with Crippen LogP contribution < -0.4 is 5.32 Å². The maximum Gasteiger partial charge on any atom is 0.203 e. The van der Waals surface area contributed by atoms with Crippen LogP contribution in [-0.4, -0.2) is 28.8 Å². The fraction of sp³-hybridized carbons (Fsp3) is 0.786. The van der Waals surface area contributed by atoms with E-state index in [1.54, 1.807) is 0 Å². The summed E-state index contributed by atoms with van der Waals surface area (Å²) < 4.78 is 8.00. The maximum absolute atomic E-state index is 5.83. The minimum absolute atomic E-state index is 0.435. The molecule has 18 heavy (non-hydrogen) atoms. The van der Waals surface area contributed by atoms with Crippen LogP contribution in [0.4, 0.5) is 5.95 Å². The van der Waals surface area contributed by atoms with Crippen LogP contribution in [0.15, 0.2) is 6.20 Å². The van der Waals surface area contributed by atoms with Gasteiger partial charge >= 0.3 is 0 Å². The first kappa shape index (κ1) is 13.4. The van der Waals surface area contributed by atoms with Crippen LogP contribution in [0.1, 0.15) is 51.3 Å². The SMILES string of the molecule is Cc1cn(C(C)C)c(NCCOC2CCCC2)n1. The number of anilines is 1. The van der Waals surface area contributed by atoms with Crippen LogP contribution in [0.3, 0.4) is 0 Å². The number of aromatic nitrogens is 2. The van der Waals surface area contributed by atoms with Crippen molar-refractivity contribution >= 4 is 5.95 Å². The summed E-state index contributed by atoms with van der Waals surface area (Å²) >= 11 is 0. The van der Waals surface area contributed by atoms with Crippen LogP contribution in [0, 0.1) is 6.92 Å². The lowest BCUT2D eigenvalue weighted by molar-refractivity contribution is 0.0658. The maximum atomic E-state index is 5.83. The molecule has 102 valence electrons. The fourth-order valence-corrected chi connectivity index (χ4v) is 2.48. The molecule has 1 N–H and O–H groups in total. The van der Waals surface area contributed by atoms with Gasteiger partial charge < -0.3 is 14.6 Å². The zero-order chi connectivity index (χ0) is 13.0. The molecule has 1 aromatic heterocycles. The second kappa shape index (κ2) is 6.23. The lowest BCUT2D eigenvalue weighted by atomic mass is 10.3. The van der Waals surface area contributed by atoms with E-state index in [2.05, 4.69) is 34.9 Å². The molecule has 0 saturated heterocycles. The van der Waals surface area contributed by atoms with Crippen LogP contribution >= 0.6 is 0 Å². The monoisotopic (exact) mass is 251 g/mol. The summed E-state index contributed by atoms with van der Waals surface area (Å²) in [5.41, 5.74) is 1.06. The third-order valence-corrected chi connectivity index (χ3v) is 3.45. The van der Waals surface area contributed by atoms with Gasteiger partial charge in [-0.2, -0.15) is 0 Å². The zero-order valence-electron chi connectivity index (χ0n) is 11.8. The molecule has 0 atom stereocenters. The zero-order valence-corrected chi connectivity index (χ0v) is 11.8. The van der Waals surface area contributed by atoms with Crippen molar-refractivity contribution in [1.82, 2.24) is 9.55 Å². The number of nitrogens with one attached hydrogen (secondary N) is 1. The van der Waals surface area contributed by atoms with Gasteiger partial charge in [0.05, 0.1) is 18.4 Å². The van der Waals surface area contributed by atoms with E-state index >= 15 is 0 Å². The van der Waals surface area contributed by atoms with E-state index in [-0.39, 0.29) is 0 Å². The van der Waals surface area contributed by atoms with E-state index in [1.807, 2.05) is 6.92 Å². The van der Waals surface area contributed by atoms with Crippen molar-refractivity contribution in [2.45, 2.75) is 58.6 Å². The standard InChI is InChI=1S/C14H25N3O/c1-11(2)17-10-12(3)16-14(17)15-8-9-18-13-6-4-5-7-13/h10-11,13H,4-9H2,1-3H3,(H,15,16). The lowest BCUT2D eigenvalue weighted by Gasteiger charge is -2.14. The Morgan fingerprint density at radius 2 is 2.17 bits per heavy atom. The molecular weight excluding hydrogens is 226 g/mol. The van der Waals surface area contributed by atoms with Crippen LogP contribution in [0.2, 0.25) is 0 Å². The van der Waals surface area contributed by atoms with Crippen molar-refractivity contribution in [2.75, 3.05) is 18.5 Å². The highest BCUT2D eigenvalue weighted by atomic mass is 16.5. The van der Waals surface area contributed by atoms with Crippen molar-refractivity contribution in [3.05, 3.63) is 11.9 Å². The Morgan fingerprint density at radius 3 is 2.83 bits per heavy atom. The summed E-state index contributed by atoms with van der Waals surface area (Å²) in [6.45, 7) is 7.97. The van der Waals surface area contributed by atoms with E-state index in [4.69, 9.17) is 4.74 Å². The van der Waals surface area contributed by atoms with Gasteiger partial charge in [-0.15, -0.1) is 0 Å². The minimum Gasteiger partial charge on any atom is -0.376 e. The molecule has 0 radical (unpaired) electrons. The highest BCUT2D eigenvalue weighted by Gasteiger charge is 2.15. The van der Waals surface area contributed by atoms with Crippen molar-refractivity contribution in [1.29, 1.82) is 0 Å². The van der Waals surface area contributed by atoms with Gasteiger partial charge in [-0.25, -0.2) is 4.98 Å². The largest absolute Gasteiger partial charge is 0.376 e. The van der Waals surface area contributed by atoms with Crippen molar-refractivity contribution in [3.8, 4) is 0 Å². The number of imidazole rings is 1. The van der Waals surface area contributed by atoms with Crippen molar-refractivity contribution < 1.29 is 4.74 Å². The van der Waals surface area contributed by atoms with E-state index in [0.717, 1.165) is 24.8 Å². The van der Waals surface area contributed by atoms with Gasteiger partial charge in [0.2, 0.25) is 5.95 Å². The first-order valence-electron chi connectivity index (χ1n) is 7.08. The fourth-order valence-electron chi connectivity index (χ4n) is 2.48. The lowest BCUT2D eigenvalue weighted by Crippen LogP contribution is -2.17. The van der Waals surface area contributed by atoms with Crippen molar-refractivity contribution in [3.63, 3.8) is 0 Å². The topological polar surface area (TPSA) is 39.1 Å². The summed E-state index contributed by atoms with van der Waals surface area (Å²) in [7, 11) is 0. The molecule has 1 aliphatic carbocycles. The molecule has 0 bridgehead atoms. The number of hydrogen-bond acceptors (Lipinski definition) is 3. The normalized spacial score (nSPS) is 16.7. The third kappa shape index (κ3) is 3.48. The first-order valence-corrected chi connectivity index (χ1v) is 7.08. The van der Waals surface area contributed by atoms with Crippen molar-refractivity contribution in [2.24, 2.45) is 0 Å². The van der Waals surface area contributed by atoms with E-state index in [0.29, 0.717) is 12.1 Å². The van der Waals surface area contributed by atoms with Gasteiger partial charge in [-0.05, 0) is 33.6 Å². The molecule has 1 aromatic rings. The molecule has 0 spiro atoms. The van der Waals surface area contributed by atoms with E-state index in [1.165, 1.54) is 25.7 Å². The van der Waals surface area contributed by atoms with Gasteiger partial charge in [0.25, 0.3) is 0 Å². The van der Waals surface area contributed by atoms with Gasteiger partial charge in [0.1, 0.15) is 0 Å². The molecule has 0 aromatic carbocycles. The van der Waals surface area contributed by atoms with E-state index < -0.39 is 0 Å². The van der Waals surface area contributed by atoms with Gasteiger partial charge in [0, 0.05) is 18.8 Å². The molecular formula is C14H25N3O. The molecule has 1 aliphatic rings. The van der Waals surface area contributed by atoms with Gasteiger partial charge in [-0.1, -0.05) is 12.8 Å². The average molecular weight is 251 g/mol. The molecule has 4 nitrogen and oxygen atoms in total. The Hall–Kier alpha value is -1.03. The summed E-state index contributed by atoms with van der Waals surface area (Å²) in [6, 6.07) is 0.435. The van der Waals surface area contributed by atoms with Crippen LogP contribution in [0.5, 0.6) is 0 Å². The predicted molar refractivity (Wildman–Crippen MR) is 74.0 cm³/mol. The molecule has 0 unspecified atom stereocenters. The Kier molecular flexibility index (Phi) is 4.64. The Balaban J connectivity index is 1.75. The Labute approximate surface area is 110 Å². The second-order valence-electron chi connectivity index (χ2n) is 5.41. The number of nitrogens with zero attached hydrogens (tertiary/aromatic N) is 2. The predicted octanol–water partition coefficient (Wildman–Crippen LogP) is 3.14. The highest BCUT2D eigenvalue weighted by Crippen LogP contribution is 2.20. The number of hydrogen-bond donors (Lipinski definition) is 1. The van der Waals surface area contributed by atoms with Crippen LogP contribution in [0.25, 0.3) is 0 Å². The summed E-state index contributed by atoms with van der Waals surface area (Å²) in [5.74, 6) is 0.956. The Bertz CT molecular complexity index is 367. The summed E-state index contributed by atoms with van der Waals surface area (Å²) in [6.07, 6.45) is 7.72. The minimum atomic E-state index is 0.435. The first-order chi connectivity index (χ1) is 8.66. The van der Waals surface area contributed by atoms with Crippen LogP contribution in [-0.2, 0) is 4.74 Å². The average Bonchev–Trinajstić information content (AvgIpc) is 2.93. The second-order valence-corrected chi connectivity index (χ2v) is 5.41. The molecule has 2 rings (SSSR count). The smallest absolute Gasteiger partial charge is 0.203 e. The molecule has 1 saturated carbocycles.